The van der Waals surface area contributed by atoms with Crippen LogP contribution in [0.3, 0.4) is 0 Å². The van der Waals surface area contributed by atoms with E-state index in [-0.39, 0.29) is 11.2 Å². The standard InChI is InChI=1S/C7H6O2.C4H8O/c8-6-4-2-1-3-5-7(6)9;1-2-4-5-3-1/h1-5H,(H,8,9);1-4H2. The van der Waals surface area contributed by atoms with Gasteiger partial charge in [-0.25, -0.2) is 0 Å². The molecule has 0 spiro atoms. The molecule has 1 saturated heterocycles. The first-order chi connectivity index (χ1) is 6.80. The van der Waals surface area contributed by atoms with Gasteiger partial charge < -0.3 is 9.84 Å². The van der Waals surface area contributed by atoms with E-state index in [1.165, 1.54) is 25.0 Å². The fraction of sp³-hybridized carbons (Fsp3) is 0.364. The Balaban J connectivity index is 0.000000165. The van der Waals surface area contributed by atoms with Gasteiger partial charge in [-0.15, -0.1) is 0 Å². The van der Waals surface area contributed by atoms with Gasteiger partial charge in [0, 0.05) is 13.2 Å². The molecular formula is C11H14O3. The van der Waals surface area contributed by atoms with Crippen LogP contribution in [0, 0.1) is 0 Å². The molecule has 0 unspecified atom stereocenters. The van der Waals surface area contributed by atoms with Crippen molar-refractivity contribution < 1.29 is 9.84 Å². The van der Waals surface area contributed by atoms with Gasteiger partial charge in [0.2, 0.25) is 5.43 Å². The maximum atomic E-state index is 10.6. The summed E-state index contributed by atoms with van der Waals surface area (Å²) in [6, 6.07) is 7.55. The van der Waals surface area contributed by atoms with Gasteiger partial charge in [0.25, 0.3) is 0 Å². The van der Waals surface area contributed by atoms with E-state index in [9.17, 15) is 4.79 Å². The van der Waals surface area contributed by atoms with Gasteiger partial charge in [-0.05, 0) is 25.0 Å². The summed E-state index contributed by atoms with van der Waals surface area (Å²) in [6.45, 7) is 2.00. The molecule has 0 amide bonds. The zero-order chi connectivity index (χ0) is 10.2. The smallest absolute Gasteiger partial charge is 0.220 e. The lowest BCUT2D eigenvalue weighted by atomic mass is 10.4. The van der Waals surface area contributed by atoms with Crippen LogP contribution in [0.25, 0.3) is 0 Å². The van der Waals surface area contributed by atoms with E-state index >= 15 is 0 Å². The van der Waals surface area contributed by atoms with Crippen LogP contribution in [-0.4, -0.2) is 18.3 Å². The van der Waals surface area contributed by atoms with E-state index in [1.54, 1.807) is 18.2 Å². The third-order valence-electron chi connectivity index (χ3n) is 1.80. The maximum Gasteiger partial charge on any atom is 0.220 e. The highest BCUT2D eigenvalue weighted by Crippen LogP contribution is 1.98. The number of aromatic hydroxyl groups is 1. The molecule has 3 heteroatoms. The molecule has 1 N–H and O–H groups in total. The van der Waals surface area contributed by atoms with Crippen LogP contribution < -0.4 is 5.43 Å². The minimum atomic E-state index is -0.347. The molecule has 0 atom stereocenters. The van der Waals surface area contributed by atoms with Crippen molar-refractivity contribution in [3.63, 3.8) is 0 Å². The lowest BCUT2D eigenvalue weighted by Gasteiger charge is -1.76. The second-order valence-corrected chi connectivity index (χ2v) is 2.98. The van der Waals surface area contributed by atoms with Crippen LogP contribution in [0.2, 0.25) is 0 Å². The third-order valence-corrected chi connectivity index (χ3v) is 1.80. The van der Waals surface area contributed by atoms with Crippen molar-refractivity contribution in [3.05, 3.63) is 40.6 Å². The Hall–Kier alpha value is -1.35. The number of rotatable bonds is 0. The van der Waals surface area contributed by atoms with Gasteiger partial charge in [0.15, 0.2) is 5.75 Å². The van der Waals surface area contributed by atoms with Gasteiger partial charge >= 0.3 is 0 Å². The summed E-state index contributed by atoms with van der Waals surface area (Å²) < 4.78 is 4.94. The predicted molar refractivity (Wildman–Crippen MR) is 54.4 cm³/mol. The monoisotopic (exact) mass is 194 g/mol. The Morgan fingerprint density at radius 3 is 2.29 bits per heavy atom. The van der Waals surface area contributed by atoms with Gasteiger partial charge in [-0.2, -0.15) is 0 Å². The zero-order valence-corrected chi connectivity index (χ0v) is 7.98. The molecule has 3 nitrogen and oxygen atoms in total. The first kappa shape index (κ1) is 10.7. The fourth-order valence-corrected chi connectivity index (χ4v) is 1.03. The summed E-state index contributed by atoms with van der Waals surface area (Å²) in [6.07, 6.45) is 2.56. The Bertz CT molecular complexity index is 311. The largest absolute Gasteiger partial charge is 0.504 e. The molecule has 1 aliphatic heterocycles. The van der Waals surface area contributed by atoms with Crippen LogP contribution in [0.1, 0.15) is 12.8 Å². The highest BCUT2D eigenvalue weighted by Gasteiger charge is 1.94. The molecule has 1 heterocycles. The summed E-state index contributed by atoms with van der Waals surface area (Å²) in [5.74, 6) is -0.208. The number of ether oxygens (including phenoxy) is 1. The van der Waals surface area contributed by atoms with Gasteiger partial charge in [-0.1, -0.05) is 18.2 Å². The molecule has 2 rings (SSSR count). The SMILES string of the molecule is C1CCOC1.O=c1cccccc1O. The lowest BCUT2D eigenvalue weighted by Crippen LogP contribution is -1.90. The molecule has 0 aromatic heterocycles. The van der Waals surface area contributed by atoms with Crippen LogP contribution in [0.5, 0.6) is 5.75 Å². The first-order valence-electron chi connectivity index (χ1n) is 4.67. The summed E-state index contributed by atoms with van der Waals surface area (Å²) in [5.41, 5.74) is -0.347. The van der Waals surface area contributed by atoms with Gasteiger partial charge in [-0.3, -0.25) is 4.79 Å². The number of hydrogen-bond donors (Lipinski definition) is 1. The maximum absolute atomic E-state index is 10.6. The average molecular weight is 194 g/mol. The minimum absolute atomic E-state index is 0.208. The third kappa shape index (κ3) is 4.05. The van der Waals surface area contributed by atoms with Gasteiger partial charge in [0.05, 0.1) is 0 Å². The van der Waals surface area contributed by atoms with E-state index in [2.05, 4.69) is 0 Å². The molecule has 1 aromatic rings. The van der Waals surface area contributed by atoms with Crippen LogP contribution >= 0.6 is 0 Å². The van der Waals surface area contributed by atoms with Gasteiger partial charge in [0.1, 0.15) is 0 Å². The molecule has 76 valence electrons. The van der Waals surface area contributed by atoms with E-state index in [0.29, 0.717) is 0 Å². The molecule has 0 bridgehead atoms. The van der Waals surface area contributed by atoms with E-state index in [4.69, 9.17) is 9.84 Å². The minimum Gasteiger partial charge on any atom is -0.504 e. The van der Waals surface area contributed by atoms with Crippen molar-refractivity contribution in [1.29, 1.82) is 0 Å². The second kappa shape index (κ2) is 6.16. The van der Waals surface area contributed by atoms with E-state index < -0.39 is 0 Å². The quantitative estimate of drug-likeness (QED) is 0.681. The molecule has 1 fully saturated rings. The average Bonchev–Trinajstić information content (AvgIpc) is 2.69. The van der Waals surface area contributed by atoms with E-state index in [0.717, 1.165) is 13.2 Å². The Kier molecular flexibility index (Phi) is 4.72. The highest BCUT2D eigenvalue weighted by molar-refractivity contribution is 5.17. The molecule has 14 heavy (non-hydrogen) atoms. The van der Waals surface area contributed by atoms with Crippen molar-refractivity contribution >= 4 is 0 Å². The summed E-state index contributed by atoms with van der Waals surface area (Å²) in [7, 11) is 0. The topological polar surface area (TPSA) is 46.5 Å². The molecule has 1 aromatic carbocycles. The summed E-state index contributed by atoms with van der Waals surface area (Å²) in [4.78, 5) is 10.6. The van der Waals surface area contributed by atoms with Crippen LogP contribution in [0.15, 0.2) is 35.1 Å². The van der Waals surface area contributed by atoms with Crippen molar-refractivity contribution in [3.8, 4) is 5.75 Å². The molecule has 0 aliphatic carbocycles. The molecule has 1 aliphatic rings. The summed E-state index contributed by atoms with van der Waals surface area (Å²) >= 11 is 0. The Labute approximate surface area is 83.0 Å². The lowest BCUT2D eigenvalue weighted by molar-refractivity contribution is 0.198. The number of hydrogen-bond acceptors (Lipinski definition) is 3. The zero-order valence-electron chi connectivity index (χ0n) is 7.98. The normalized spacial score (nSPS) is 14.3. The van der Waals surface area contributed by atoms with Crippen molar-refractivity contribution in [2.24, 2.45) is 0 Å². The molecule has 0 radical (unpaired) electrons. The second-order valence-electron chi connectivity index (χ2n) is 2.98. The van der Waals surface area contributed by atoms with Crippen molar-refractivity contribution in [2.75, 3.05) is 13.2 Å². The highest BCUT2D eigenvalue weighted by atomic mass is 16.5. The van der Waals surface area contributed by atoms with Crippen LogP contribution in [-0.2, 0) is 4.74 Å². The first-order valence-corrected chi connectivity index (χ1v) is 4.67. The van der Waals surface area contributed by atoms with E-state index in [1.807, 2.05) is 0 Å². The summed E-state index contributed by atoms with van der Waals surface area (Å²) in [5, 5.41) is 8.77. The van der Waals surface area contributed by atoms with Crippen LogP contribution in [0.4, 0.5) is 0 Å². The predicted octanol–water partition coefficient (Wildman–Crippen LogP) is 1.55. The molecule has 0 saturated carbocycles. The van der Waals surface area contributed by atoms with Crippen molar-refractivity contribution in [1.82, 2.24) is 0 Å². The Morgan fingerprint density at radius 1 is 1.07 bits per heavy atom. The van der Waals surface area contributed by atoms with Crippen molar-refractivity contribution in [2.45, 2.75) is 12.8 Å². The molecular weight excluding hydrogens is 180 g/mol. The fourth-order valence-electron chi connectivity index (χ4n) is 1.03. The Morgan fingerprint density at radius 2 is 1.71 bits per heavy atom.